The first-order valence-electron chi connectivity index (χ1n) is 4.51. The molecule has 84 valence electrons. The average molecular weight is 231 g/mol. The second kappa shape index (κ2) is 4.94. The molecular formula is C11H15ClO3. The molecule has 0 saturated heterocycles. The Morgan fingerprint density at radius 2 is 1.53 bits per heavy atom. The summed E-state index contributed by atoms with van der Waals surface area (Å²) in [5, 5.41) is 0.625. The van der Waals surface area contributed by atoms with Crippen LogP contribution in [0.15, 0.2) is 18.2 Å². The summed E-state index contributed by atoms with van der Waals surface area (Å²) in [6, 6.07) is 5.52. The minimum atomic E-state index is -1.18. The molecule has 0 bridgehead atoms. The van der Waals surface area contributed by atoms with Crippen LogP contribution in [0.4, 0.5) is 0 Å². The summed E-state index contributed by atoms with van der Waals surface area (Å²) in [5.74, 6) is -1.18. The molecule has 1 aromatic carbocycles. The van der Waals surface area contributed by atoms with E-state index in [1.165, 1.54) is 21.3 Å². The van der Waals surface area contributed by atoms with E-state index in [4.69, 9.17) is 25.8 Å². The summed E-state index contributed by atoms with van der Waals surface area (Å²) in [4.78, 5) is 0. The van der Waals surface area contributed by atoms with Gasteiger partial charge in [-0.3, -0.25) is 0 Å². The van der Waals surface area contributed by atoms with Crippen LogP contribution in [0.2, 0.25) is 5.02 Å². The lowest BCUT2D eigenvalue weighted by molar-refractivity contribution is -0.364. The number of halogens is 1. The second-order valence-corrected chi connectivity index (χ2v) is 3.62. The fourth-order valence-electron chi connectivity index (χ4n) is 1.52. The van der Waals surface area contributed by atoms with Crippen molar-refractivity contribution in [1.82, 2.24) is 0 Å². The van der Waals surface area contributed by atoms with Crippen LogP contribution in [0.5, 0.6) is 0 Å². The Labute approximate surface area is 94.9 Å². The Kier molecular flexibility index (Phi) is 4.11. The van der Waals surface area contributed by atoms with Gasteiger partial charge in [0.1, 0.15) is 0 Å². The molecule has 0 unspecified atom stereocenters. The van der Waals surface area contributed by atoms with Gasteiger partial charge in [0.2, 0.25) is 0 Å². The Hall–Kier alpha value is -0.610. The Morgan fingerprint density at radius 3 is 1.93 bits per heavy atom. The predicted octanol–water partition coefficient (Wildman–Crippen LogP) is 2.70. The first-order chi connectivity index (χ1) is 7.07. The van der Waals surface area contributed by atoms with E-state index < -0.39 is 5.97 Å². The summed E-state index contributed by atoms with van der Waals surface area (Å²) in [6.45, 7) is 1.95. The number of ether oxygens (including phenoxy) is 3. The van der Waals surface area contributed by atoms with E-state index in [-0.39, 0.29) is 0 Å². The van der Waals surface area contributed by atoms with Crippen LogP contribution in [-0.2, 0) is 20.2 Å². The Morgan fingerprint density at radius 1 is 1.00 bits per heavy atom. The van der Waals surface area contributed by atoms with E-state index in [9.17, 15) is 0 Å². The second-order valence-electron chi connectivity index (χ2n) is 3.19. The molecule has 0 N–H and O–H groups in total. The van der Waals surface area contributed by atoms with Gasteiger partial charge in [-0.05, 0) is 30.7 Å². The van der Waals surface area contributed by atoms with Gasteiger partial charge in [-0.15, -0.1) is 0 Å². The maximum absolute atomic E-state index is 5.96. The first kappa shape index (κ1) is 12.5. The van der Waals surface area contributed by atoms with Crippen LogP contribution in [0.3, 0.4) is 0 Å². The van der Waals surface area contributed by atoms with E-state index >= 15 is 0 Å². The van der Waals surface area contributed by atoms with Crippen LogP contribution >= 0.6 is 11.6 Å². The summed E-state index contributed by atoms with van der Waals surface area (Å²) < 4.78 is 15.7. The van der Waals surface area contributed by atoms with Gasteiger partial charge in [-0.1, -0.05) is 11.6 Å². The van der Waals surface area contributed by atoms with Crippen molar-refractivity contribution in [1.29, 1.82) is 0 Å². The van der Waals surface area contributed by atoms with E-state index in [0.29, 0.717) is 5.02 Å². The lowest BCUT2D eigenvalue weighted by Gasteiger charge is -2.29. The van der Waals surface area contributed by atoms with Gasteiger partial charge in [0.15, 0.2) is 0 Å². The quantitative estimate of drug-likeness (QED) is 0.745. The molecular weight excluding hydrogens is 216 g/mol. The molecule has 0 saturated carbocycles. The summed E-state index contributed by atoms with van der Waals surface area (Å²) >= 11 is 5.96. The number of hydrogen-bond donors (Lipinski definition) is 0. The molecule has 0 spiro atoms. The van der Waals surface area contributed by atoms with Crippen molar-refractivity contribution in [2.75, 3.05) is 21.3 Å². The normalized spacial score (nSPS) is 11.8. The van der Waals surface area contributed by atoms with Crippen molar-refractivity contribution in [2.24, 2.45) is 0 Å². The highest BCUT2D eigenvalue weighted by Crippen LogP contribution is 2.29. The monoisotopic (exact) mass is 230 g/mol. The van der Waals surface area contributed by atoms with E-state index in [2.05, 4.69) is 0 Å². The van der Waals surface area contributed by atoms with Crippen molar-refractivity contribution in [3.05, 3.63) is 34.3 Å². The fourth-order valence-corrected chi connectivity index (χ4v) is 1.81. The molecule has 4 heteroatoms. The third kappa shape index (κ3) is 2.49. The fraction of sp³-hybridized carbons (Fsp3) is 0.455. The molecule has 0 aromatic heterocycles. The third-order valence-electron chi connectivity index (χ3n) is 2.20. The Balaban J connectivity index is 3.22. The summed E-state index contributed by atoms with van der Waals surface area (Å²) in [7, 11) is 4.55. The summed E-state index contributed by atoms with van der Waals surface area (Å²) in [6.07, 6.45) is 0. The van der Waals surface area contributed by atoms with Crippen LogP contribution < -0.4 is 0 Å². The number of hydrogen-bond acceptors (Lipinski definition) is 3. The van der Waals surface area contributed by atoms with Gasteiger partial charge >= 0.3 is 5.97 Å². The van der Waals surface area contributed by atoms with E-state index in [0.717, 1.165) is 11.1 Å². The van der Waals surface area contributed by atoms with Crippen LogP contribution in [0.25, 0.3) is 0 Å². The highest BCUT2D eigenvalue weighted by Gasteiger charge is 2.32. The molecule has 1 aromatic rings. The molecule has 3 nitrogen and oxygen atoms in total. The number of aryl methyl sites for hydroxylation is 1. The first-order valence-corrected chi connectivity index (χ1v) is 4.89. The average Bonchev–Trinajstić information content (AvgIpc) is 2.20. The molecule has 0 atom stereocenters. The largest absolute Gasteiger partial charge is 0.327 e. The van der Waals surface area contributed by atoms with Gasteiger partial charge in [0, 0.05) is 31.9 Å². The van der Waals surface area contributed by atoms with Gasteiger partial charge in [-0.25, -0.2) is 0 Å². The topological polar surface area (TPSA) is 27.7 Å². The zero-order valence-electron chi connectivity index (χ0n) is 9.33. The number of methoxy groups -OCH3 is 3. The molecule has 0 aliphatic carbocycles. The lowest BCUT2D eigenvalue weighted by Crippen LogP contribution is -2.32. The van der Waals surface area contributed by atoms with Gasteiger partial charge < -0.3 is 14.2 Å². The molecule has 0 amide bonds. The van der Waals surface area contributed by atoms with Crippen LogP contribution in [0, 0.1) is 6.92 Å². The molecule has 0 fully saturated rings. The molecule has 1 rings (SSSR count). The minimum Gasteiger partial charge on any atom is -0.327 e. The van der Waals surface area contributed by atoms with Gasteiger partial charge in [-0.2, -0.15) is 0 Å². The van der Waals surface area contributed by atoms with Crippen LogP contribution in [-0.4, -0.2) is 21.3 Å². The molecule has 0 aliphatic heterocycles. The lowest BCUT2D eigenvalue weighted by atomic mass is 10.1. The maximum Gasteiger partial charge on any atom is 0.311 e. The van der Waals surface area contributed by atoms with Crippen molar-refractivity contribution < 1.29 is 14.2 Å². The number of rotatable bonds is 4. The molecule has 15 heavy (non-hydrogen) atoms. The van der Waals surface area contributed by atoms with Gasteiger partial charge in [0.05, 0.1) is 0 Å². The smallest absolute Gasteiger partial charge is 0.311 e. The highest BCUT2D eigenvalue weighted by molar-refractivity contribution is 6.30. The zero-order chi connectivity index (χ0) is 11.5. The predicted molar refractivity (Wildman–Crippen MR) is 58.9 cm³/mol. The minimum absolute atomic E-state index is 0.625. The zero-order valence-corrected chi connectivity index (χ0v) is 10.1. The van der Waals surface area contributed by atoms with Crippen molar-refractivity contribution in [3.63, 3.8) is 0 Å². The van der Waals surface area contributed by atoms with Crippen molar-refractivity contribution in [3.8, 4) is 0 Å². The van der Waals surface area contributed by atoms with E-state index in [1.807, 2.05) is 19.1 Å². The van der Waals surface area contributed by atoms with Gasteiger partial charge in [0.25, 0.3) is 0 Å². The van der Waals surface area contributed by atoms with Crippen LogP contribution in [0.1, 0.15) is 11.1 Å². The highest BCUT2D eigenvalue weighted by atomic mass is 35.5. The van der Waals surface area contributed by atoms with Crippen molar-refractivity contribution in [2.45, 2.75) is 12.9 Å². The van der Waals surface area contributed by atoms with E-state index in [1.54, 1.807) is 6.07 Å². The molecule has 0 aliphatic rings. The Bertz CT molecular complexity index is 306. The maximum atomic E-state index is 5.96. The molecule has 0 radical (unpaired) electrons. The number of benzene rings is 1. The summed E-state index contributed by atoms with van der Waals surface area (Å²) in [5.41, 5.74) is 1.76. The van der Waals surface area contributed by atoms with Crippen molar-refractivity contribution >= 4 is 11.6 Å². The SMILES string of the molecule is COC(OC)(OC)c1cc(C)cc(Cl)c1. The molecule has 0 heterocycles. The third-order valence-corrected chi connectivity index (χ3v) is 2.42. The standard InChI is InChI=1S/C11H15ClO3/c1-8-5-9(7-10(12)6-8)11(13-2,14-3)15-4/h5-7H,1-4H3.